The van der Waals surface area contributed by atoms with Gasteiger partial charge in [0.05, 0.1) is 12.8 Å². The Labute approximate surface area is 114 Å². The molecule has 0 radical (unpaired) electrons. The van der Waals surface area contributed by atoms with Crippen molar-refractivity contribution in [1.82, 2.24) is 15.0 Å². The fourth-order valence-corrected chi connectivity index (χ4v) is 1.62. The minimum atomic E-state index is -0.399. The van der Waals surface area contributed by atoms with Gasteiger partial charge in [-0.15, -0.1) is 0 Å². The van der Waals surface area contributed by atoms with Gasteiger partial charge in [0.15, 0.2) is 0 Å². The molecule has 0 aliphatic heterocycles. The number of nitrogens with zero attached hydrogens (tertiary/aromatic N) is 4. The Morgan fingerprint density at radius 1 is 1.47 bits per heavy atom. The SMILES string of the molecule is CN(C)C=Nc1noc(Cc2c(F)cccc2Cl)n1. The van der Waals surface area contributed by atoms with Gasteiger partial charge in [0.1, 0.15) is 5.82 Å². The lowest BCUT2D eigenvalue weighted by Gasteiger charge is -2.01. The van der Waals surface area contributed by atoms with Crippen LogP contribution in [0.15, 0.2) is 27.7 Å². The standard InChI is InChI=1S/C12H12ClFN4O/c1-18(2)7-15-12-16-11(19-17-12)6-8-9(13)4-3-5-10(8)14/h3-5,7H,6H2,1-2H3. The van der Waals surface area contributed by atoms with Gasteiger partial charge >= 0.3 is 0 Å². The molecule has 7 heteroatoms. The van der Waals surface area contributed by atoms with Crippen LogP contribution in [0, 0.1) is 5.82 Å². The molecular weight excluding hydrogens is 271 g/mol. The largest absolute Gasteiger partial charge is 0.369 e. The number of hydrogen-bond donors (Lipinski definition) is 0. The molecule has 0 spiro atoms. The van der Waals surface area contributed by atoms with Crippen molar-refractivity contribution < 1.29 is 8.91 Å². The Kier molecular flexibility index (Phi) is 4.11. The molecule has 2 aromatic rings. The van der Waals surface area contributed by atoms with E-state index in [0.29, 0.717) is 10.6 Å². The zero-order chi connectivity index (χ0) is 13.8. The molecule has 19 heavy (non-hydrogen) atoms. The molecule has 0 N–H and O–H groups in total. The maximum atomic E-state index is 13.6. The van der Waals surface area contributed by atoms with E-state index in [-0.39, 0.29) is 18.3 Å². The smallest absolute Gasteiger partial charge is 0.291 e. The van der Waals surface area contributed by atoms with E-state index in [1.165, 1.54) is 6.07 Å². The van der Waals surface area contributed by atoms with Crippen LogP contribution in [0.1, 0.15) is 11.5 Å². The molecule has 2 rings (SSSR count). The van der Waals surface area contributed by atoms with Gasteiger partial charge in [-0.1, -0.05) is 17.7 Å². The second-order valence-corrected chi connectivity index (χ2v) is 4.48. The minimum absolute atomic E-state index is 0.135. The Balaban J connectivity index is 2.16. The van der Waals surface area contributed by atoms with Crippen LogP contribution >= 0.6 is 11.6 Å². The Morgan fingerprint density at radius 2 is 2.26 bits per heavy atom. The first-order chi connectivity index (χ1) is 9.06. The number of rotatable bonds is 4. The maximum Gasteiger partial charge on any atom is 0.291 e. The van der Waals surface area contributed by atoms with Crippen LogP contribution in [0.25, 0.3) is 0 Å². The van der Waals surface area contributed by atoms with E-state index in [1.54, 1.807) is 23.4 Å². The Bertz CT molecular complexity index is 577. The fraction of sp³-hybridized carbons (Fsp3) is 0.250. The third-order valence-corrected chi connectivity index (χ3v) is 2.61. The van der Waals surface area contributed by atoms with E-state index in [0.717, 1.165) is 0 Å². The van der Waals surface area contributed by atoms with Gasteiger partial charge in [0.25, 0.3) is 5.95 Å². The molecule has 0 amide bonds. The van der Waals surface area contributed by atoms with Crippen LogP contribution in [-0.4, -0.2) is 35.5 Å². The predicted octanol–water partition coefficient (Wildman–Crippen LogP) is 2.67. The summed E-state index contributed by atoms with van der Waals surface area (Å²) in [7, 11) is 3.65. The highest BCUT2D eigenvalue weighted by atomic mass is 35.5. The molecule has 0 bridgehead atoms. The topological polar surface area (TPSA) is 54.5 Å². The molecule has 0 aliphatic rings. The summed E-state index contributed by atoms with van der Waals surface area (Å²) >= 11 is 5.92. The Hall–Kier alpha value is -1.95. The first-order valence-electron chi connectivity index (χ1n) is 5.52. The van der Waals surface area contributed by atoms with E-state index in [1.807, 2.05) is 14.1 Å². The zero-order valence-electron chi connectivity index (χ0n) is 10.5. The second-order valence-electron chi connectivity index (χ2n) is 4.07. The summed E-state index contributed by atoms with van der Waals surface area (Å²) in [5, 5.41) is 4.00. The Morgan fingerprint density at radius 3 is 2.95 bits per heavy atom. The molecule has 0 saturated heterocycles. The molecule has 0 atom stereocenters. The minimum Gasteiger partial charge on any atom is -0.369 e. The summed E-state index contributed by atoms with van der Waals surface area (Å²) in [6.45, 7) is 0. The van der Waals surface area contributed by atoms with Crippen molar-refractivity contribution in [3.05, 3.63) is 40.5 Å². The molecule has 0 aliphatic carbocycles. The van der Waals surface area contributed by atoms with Crippen molar-refractivity contribution in [2.45, 2.75) is 6.42 Å². The van der Waals surface area contributed by atoms with E-state index in [2.05, 4.69) is 15.1 Å². The van der Waals surface area contributed by atoms with Crippen molar-refractivity contribution in [3.8, 4) is 0 Å². The zero-order valence-corrected chi connectivity index (χ0v) is 11.2. The lowest BCUT2D eigenvalue weighted by Crippen LogP contribution is -2.07. The molecule has 0 saturated carbocycles. The van der Waals surface area contributed by atoms with E-state index >= 15 is 0 Å². The summed E-state index contributed by atoms with van der Waals surface area (Å²) in [5.74, 6) is 0.0538. The summed E-state index contributed by atoms with van der Waals surface area (Å²) < 4.78 is 18.6. The van der Waals surface area contributed by atoms with Gasteiger partial charge in [-0.3, -0.25) is 0 Å². The third kappa shape index (κ3) is 3.51. The van der Waals surface area contributed by atoms with E-state index in [4.69, 9.17) is 16.1 Å². The van der Waals surface area contributed by atoms with Crippen LogP contribution < -0.4 is 0 Å². The molecule has 100 valence electrons. The lowest BCUT2D eigenvalue weighted by atomic mass is 10.1. The molecule has 5 nitrogen and oxygen atoms in total. The second kappa shape index (κ2) is 5.79. The van der Waals surface area contributed by atoms with E-state index < -0.39 is 5.82 Å². The van der Waals surface area contributed by atoms with Gasteiger partial charge < -0.3 is 9.42 Å². The fourth-order valence-electron chi connectivity index (χ4n) is 1.39. The first kappa shape index (κ1) is 13.5. The monoisotopic (exact) mass is 282 g/mol. The lowest BCUT2D eigenvalue weighted by molar-refractivity contribution is 0.384. The highest BCUT2D eigenvalue weighted by molar-refractivity contribution is 6.31. The van der Waals surface area contributed by atoms with Crippen molar-refractivity contribution >= 4 is 23.9 Å². The summed E-state index contributed by atoms with van der Waals surface area (Å²) in [6, 6.07) is 4.49. The number of aliphatic imine (C=N–C) groups is 1. The van der Waals surface area contributed by atoms with Crippen molar-refractivity contribution in [1.29, 1.82) is 0 Å². The van der Waals surface area contributed by atoms with Crippen LogP contribution in [-0.2, 0) is 6.42 Å². The molecule has 0 unspecified atom stereocenters. The molecule has 1 aromatic carbocycles. The summed E-state index contributed by atoms with van der Waals surface area (Å²) in [4.78, 5) is 9.74. The van der Waals surface area contributed by atoms with Gasteiger partial charge in [0.2, 0.25) is 5.89 Å². The van der Waals surface area contributed by atoms with Crippen molar-refractivity contribution in [2.75, 3.05) is 14.1 Å². The van der Waals surface area contributed by atoms with E-state index in [9.17, 15) is 4.39 Å². The van der Waals surface area contributed by atoms with Crippen LogP contribution in [0.2, 0.25) is 5.02 Å². The summed E-state index contributed by atoms with van der Waals surface area (Å²) in [6.07, 6.45) is 1.68. The number of aromatic nitrogens is 2. The first-order valence-corrected chi connectivity index (χ1v) is 5.90. The van der Waals surface area contributed by atoms with Crippen molar-refractivity contribution in [2.24, 2.45) is 4.99 Å². The average molecular weight is 283 g/mol. The molecule has 0 fully saturated rings. The number of halogens is 2. The molecule has 1 aromatic heterocycles. The molecule has 1 heterocycles. The summed E-state index contributed by atoms with van der Waals surface area (Å²) in [5.41, 5.74) is 0.330. The van der Waals surface area contributed by atoms with Crippen LogP contribution in [0.5, 0.6) is 0 Å². The van der Waals surface area contributed by atoms with Crippen LogP contribution in [0.4, 0.5) is 10.3 Å². The van der Waals surface area contributed by atoms with Gasteiger partial charge in [0, 0.05) is 24.7 Å². The number of hydrogen-bond acceptors (Lipinski definition) is 4. The third-order valence-electron chi connectivity index (χ3n) is 2.25. The molecular formula is C12H12ClFN4O. The van der Waals surface area contributed by atoms with Gasteiger partial charge in [-0.05, 0) is 17.3 Å². The highest BCUT2D eigenvalue weighted by Crippen LogP contribution is 2.22. The average Bonchev–Trinajstić information content (AvgIpc) is 2.79. The predicted molar refractivity (Wildman–Crippen MR) is 70.4 cm³/mol. The van der Waals surface area contributed by atoms with Gasteiger partial charge in [-0.2, -0.15) is 9.98 Å². The van der Waals surface area contributed by atoms with Crippen LogP contribution in [0.3, 0.4) is 0 Å². The maximum absolute atomic E-state index is 13.6. The van der Waals surface area contributed by atoms with Gasteiger partial charge in [-0.25, -0.2) is 4.39 Å². The number of benzene rings is 1. The highest BCUT2D eigenvalue weighted by Gasteiger charge is 2.12. The van der Waals surface area contributed by atoms with Crippen molar-refractivity contribution in [3.63, 3.8) is 0 Å². The normalized spacial score (nSPS) is 11.2. The quantitative estimate of drug-likeness (QED) is 0.639.